The van der Waals surface area contributed by atoms with Crippen LogP contribution in [0.1, 0.15) is 12.5 Å². The molecule has 19 heavy (non-hydrogen) atoms. The number of rotatable bonds is 6. The minimum atomic E-state index is -0.250. The van der Waals surface area contributed by atoms with Crippen molar-refractivity contribution in [1.82, 2.24) is 10.6 Å². The number of ether oxygens (including phenoxy) is 1. The highest BCUT2D eigenvalue weighted by Gasteiger charge is 2.03. The van der Waals surface area contributed by atoms with Gasteiger partial charge in [-0.25, -0.2) is 9.38 Å². The Bertz CT molecular complexity index is 426. The van der Waals surface area contributed by atoms with Gasteiger partial charge in [-0.2, -0.15) is 0 Å². The normalized spacial score (nSPS) is 11.5. The molecule has 0 unspecified atom stereocenters. The van der Waals surface area contributed by atoms with Gasteiger partial charge in [-0.15, -0.1) is 0 Å². The summed E-state index contributed by atoms with van der Waals surface area (Å²) in [5.41, 5.74) is 0.554. The van der Waals surface area contributed by atoms with Gasteiger partial charge in [0.15, 0.2) is 5.96 Å². The van der Waals surface area contributed by atoms with Crippen molar-refractivity contribution in [2.24, 2.45) is 4.99 Å². The molecule has 1 aromatic rings. The zero-order valence-corrected chi connectivity index (χ0v) is 12.8. The lowest BCUT2D eigenvalue weighted by Crippen LogP contribution is -2.38. The lowest BCUT2D eigenvalue weighted by atomic mass is 10.2. The van der Waals surface area contributed by atoms with Crippen LogP contribution in [-0.2, 0) is 11.3 Å². The van der Waals surface area contributed by atoms with Crippen molar-refractivity contribution in [2.45, 2.75) is 13.5 Å². The second-order valence-corrected chi connectivity index (χ2v) is 4.77. The third-order valence-corrected chi connectivity index (χ3v) is 2.85. The second-order valence-electron chi connectivity index (χ2n) is 3.85. The van der Waals surface area contributed by atoms with Crippen molar-refractivity contribution < 1.29 is 9.13 Å². The van der Waals surface area contributed by atoms with Gasteiger partial charge < -0.3 is 15.4 Å². The van der Waals surface area contributed by atoms with Crippen LogP contribution >= 0.6 is 15.9 Å². The van der Waals surface area contributed by atoms with E-state index in [4.69, 9.17) is 4.74 Å². The number of hydrogen-bond donors (Lipinski definition) is 2. The second kappa shape index (κ2) is 8.87. The fourth-order valence-electron chi connectivity index (χ4n) is 1.44. The first kappa shape index (κ1) is 15.9. The van der Waals surface area contributed by atoms with Gasteiger partial charge in [-0.05, 0) is 25.1 Å². The fraction of sp³-hybridized carbons (Fsp3) is 0.462. The van der Waals surface area contributed by atoms with Crippen LogP contribution in [-0.4, -0.2) is 32.8 Å². The summed E-state index contributed by atoms with van der Waals surface area (Å²) in [5, 5.41) is 6.20. The van der Waals surface area contributed by atoms with Crippen molar-refractivity contribution in [3.8, 4) is 0 Å². The van der Waals surface area contributed by atoms with E-state index in [1.54, 1.807) is 19.2 Å². The maximum absolute atomic E-state index is 13.6. The molecule has 0 bridgehead atoms. The van der Waals surface area contributed by atoms with Crippen molar-refractivity contribution >= 4 is 21.9 Å². The molecular formula is C13H19BrFN3O. The number of halogens is 2. The van der Waals surface area contributed by atoms with Gasteiger partial charge >= 0.3 is 0 Å². The highest BCUT2D eigenvalue weighted by molar-refractivity contribution is 9.10. The minimum Gasteiger partial charge on any atom is -0.383 e. The molecule has 0 fully saturated rings. The largest absolute Gasteiger partial charge is 0.383 e. The number of methoxy groups -OCH3 is 1. The average molecular weight is 332 g/mol. The minimum absolute atomic E-state index is 0.250. The predicted octanol–water partition coefficient (Wildman–Crippen LogP) is 2.29. The van der Waals surface area contributed by atoms with Gasteiger partial charge in [0, 0.05) is 30.2 Å². The summed E-state index contributed by atoms with van der Waals surface area (Å²) in [5.74, 6) is 0.401. The molecule has 0 amide bonds. The molecule has 0 aromatic heterocycles. The van der Waals surface area contributed by atoms with Gasteiger partial charge in [0.2, 0.25) is 0 Å². The maximum Gasteiger partial charge on any atom is 0.191 e. The number of hydrogen-bond acceptors (Lipinski definition) is 2. The summed E-state index contributed by atoms with van der Waals surface area (Å²) >= 11 is 3.32. The van der Waals surface area contributed by atoms with E-state index >= 15 is 0 Å². The van der Waals surface area contributed by atoms with Gasteiger partial charge in [0.25, 0.3) is 0 Å². The lowest BCUT2D eigenvalue weighted by Gasteiger charge is -2.11. The van der Waals surface area contributed by atoms with Crippen LogP contribution in [0.25, 0.3) is 0 Å². The van der Waals surface area contributed by atoms with Crippen LogP contribution < -0.4 is 10.6 Å². The average Bonchev–Trinajstić information content (AvgIpc) is 2.40. The Balaban J connectivity index is 2.65. The monoisotopic (exact) mass is 331 g/mol. The molecule has 0 spiro atoms. The zero-order chi connectivity index (χ0) is 14.1. The van der Waals surface area contributed by atoms with Crippen LogP contribution in [0.2, 0.25) is 0 Å². The highest BCUT2D eigenvalue weighted by Crippen LogP contribution is 2.16. The molecule has 0 aliphatic rings. The van der Waals surface area contributed by atoms with Crippen molar-refractivity contribution in [3.63, 3.8) is 0 Å². The maximum atomic E-state index is 13.6. The van der Waals surface area contributed by atoms with E-state index in [-0.39, 0.29) is 12.4 Å². The Kier molecular flexibility index (Phi) is 7.43. The molecule has 0 heterocycles. The standard InChI is InChI=1S/C13H19BrFN3O/c1-3-16-13(17-6-7-19-2)18-9-10-8-11(14)4-5-12(10)15/h4-5,8H,3,6-7,9H2,1-2H3,(H2,16,17,18). The van der Waals surface area contributed by atoms with Crippen molar-refractivity contribution in [2.75, 3.05) is 26.8 Å². The molecule has 2 N–H and O–H groups in total. The first-order valence-corrected chi connectivity index (χ1v) is 6.91. The molecule has 0 radical (unpaired) electrons. The van der Waals surface area contributed by atoms with E-state index in [1.165, 1.54) is 6.07 Å². The number of nitrogens with zero attached hydrogens (tertiary/aromatic N) is 1. The van der Waals surface area contributed by atoms with Gasteiger partial charge in [-0.3, -0.25) is 0 Å². The Morgan fingerprint density at radius 3 is 2.89 bits per heavy atom. The predicted molar refractivity (Wildman–Crippen MR) is 78.8 cm³/mol. The fourth-order valence-corrected chi connectivity index (χ4v) is 1.85. The summed E-state index contributed by atoms with van der Waals surface area (Å²) in [4.78, 5) is 4.34. The van der Waals surface area contributed by atoms with E-state index in [0.717, 1.165) is 11.0 Å². The third kappa shape index (κ3) is 6.02. The van der Waals surface area contributed by atoms with E-state index < -0.39 is 0 Å². The van der Waals surface area contributed by atoms with Crippen LogP contribution in [0.4, 0.5) is 4.39 Å². The Morgan fingerprint density at radius 2 is 2.21 bits per heavy atom. The number of aliphatic imine (C=N–C) groups is 1. The van der Waals surface area contributed by atoms with Crippen LogP contribution in [0.5, 0.6) is 0 Å². The Labute approximate surface area is 121 Å². The summed E-state index contributed by atoms with van der Waals surface area (Å²) in [6, 6.07) is 4.84. The van der Waals surface area contributed by atoms with Crippen LogP contribution in [0.3, 0.4) is 0 Å². The van der Waals surface area contributed by atoms with Gasteiger partial charge in [0.1, 0.15) is 5.82 Å². The van der Waals surface area contributed by atoms with Gasteiger partial charge in [-0.1, -0.05) is 15.9 Å². The molecular weight excluding hydrogens is 313 g/mol. The van der Waals surface area contributed by atoms with Crippen LogP contribution in [0, 0.1) is 5.82 Å². The first-order chi connectivity index (χ1) is 9.17. The van der Waals surface area contributed by atoms with Crippen LogP contribution in [0.15, 0.2) is 27.7 Å². The van der Waals surface area contributed by atoms with Gasteiger partial charge in [0.05, 0.1) is 13.2 Å². The van der Waals surface area contributed by atoms with E-state index in [1.807, 2.05) is 6.92 Å². The molecule has 0 saturated heterocycles. The van der Waals surface area contributed by atoms with E-state index in [2.05, 4.69) is 31.6 Å². The smallest absolute Gasteiger partial charge is 0.191 e. The molecule has 0 saturated carbocycles. The summed E-state index contributed by atoms with van der Waals surface area (Å²) < 4.78 is 19.4. The summed E-state index contributed by atoms with van der Waals surface area (Å²) in [6.07, 6.45) is 0. The molecule has 6 heteroatoms. The number of nitrogens with one attached hydrogen (secondary N) is 2. The first-order valence-electron chi connectivity index (χ1n) is 6.12. The van der Waals surface area contributed by atoms with Crippen molar-refractivity contribution in [3.05, 3.63) is 34.1 Å². The third-order valence-electron chi connectivity index (χ3n) is 2.36. The molecule has 1 aromatic carbocycles. The zero-order valence-electron chi connectivity index (χ0n) is 11.2. The van der Waals surface area contributed by atoms with E-state index in [0.29, 0.717) is 24.7 Å². The summed E-state index contributed by atoms with van der Waals surface area (Å²) in [6.45, 7) is 4.26. The molecule has 4 nitrogen and oxygen atoms in total. The summed E-state index contributed by atoms with van der Waals surface area (Å²) in [7, 11) is 1.64. The molecule has 0 atom stereocenters. The molecule has 0 aliphatic heterocycles. The lowest BCUT2D eigenvalue weighted by molar-refractivity contribution is 0.203. The SMILES string of the molecule is CCNC(=NCc1cc(Br)ccc1F)NCCOC. The molecule has 106 valence electrons. The molecule has 1 rings (SSSR count). The molecule has 0 aliphatic carbocycles. The van der Waals surface area contributed by atoms with Crippen molar-refractivity contribution in [1.29, 1.82) is 0 Å². The number of guanidine groups is 1. The van der Waals surface area contributed by atoms with E-state index in [9.17, 15) is 4.39 Å². The Morgan fingerprint density at radius 1 is 1.42 bits per heavy atom. The Hall–Kier alpha value is -1.14. The number of benzene rings is 1. The highest BCUT2D eigenvalue weighted by atomic mass is 79.9. The quantitative estimate of drug-likeness (QED) is 0.477. The topological polar surface area (TPSA) is 45.7 Å².